The van der Waals surface area contributed by atoms with Crippen LogP contribution in [0.15, 0.2) is 18.2 Å². The summed E-state index contributed by atoms with van der Waals surface area (Å²) in [7, 11) is 0. The summed E-state index contributed by atoms with van der Waals surface area (Å²) in [5, 5.41) is 2.96. The molecule has 0 saturated carbocycles. The molecule has 1 amide bonds. The van der Waals surface area contributed by atoms with E-state index in [0.717, 1.165) is 12.0 Å². The van der Waals surface area contributed by atoms with Gasteiger partial charge in [0, 0.05) is 17.8 Å². The zero-order valence-corrected chi connectivity index (χ0v) is 11.1. The maximum Gasteiger partial charge on any atom is 0.251 e. The Hall–Kier alpha value is -1.51. The van der Waals surface area contributed by atoms with Crippen LogP contribution in [0.2, 0.25) is 0 Å². The van der Waals surface area contributed by atoms with Crippen LogP contribution >= 0.6 is 0 Å². The van der Waals surface area contributed by atoms with Crippen molar-refractivity contribution in [3.8, 4) is 0 Å². The van der Waals surface area contributed by atoms with E-state index in [4.69, 9.17) is 5.73 Å². The van der Waals surface area contributed by atoms with Gasteiger partial charge in [-0.2, -0.15) is 0 Å². The molecule has 3 heteroatoms. The zero-order valence-electron chi connectivity index (χ0n) is 11.1. The summed E-state index contributed by atoms with van der Waals surface area (Å²) < 4.78 is 0. The summed E-state index contributed by atoms with van der Waals surface area (Å²) in [4.78, 5) is 12.0. The van der Waals surface area contributed by atoms with Crippen LogP contribution in [0.1, 0.15) is 43.1 Å². The molecule has 0 spiro atoms. The van der Waals surface area contributed by atoms with Crippen molar-refractivity contribution in [2.24, 2.45) is 5.41 Å². The first-order valence-electron chi connectivity index (χ1n) is 6.00. The number of amides is 1. The molecule has 0 aliphatic rings. The van der Waals surface area contributed by atoms with E-state index in [9.17, 15) is 4.79 Å². The van der Waals surface area contributed by atoms with Gasteiger partial charge in [0.15, 0.2) is 0 Å². The average molecular weight is 234 g/mol. The Kier molecular flexibility index (Phi) is 4.16. The Bertz CT molecular complexity index is 411. The van der Waals surface area contributed by atoms with Gasteiger partial charge in [-0.25, -0.2) is 0 Å². The molecule has 1 rings (SSSR count). The highest BCUT2D eigenvalue weighted by molar-refractivity contribution is 5.96. The predicted molar refractivity (Wildman–Crippen MR) is 72.0 cm³/mol. The van der Waals surface area contributed by atoms with Crippen molar-refractivity contribution >= 4 is 11.6 Å². The van der Waals surface area contributed by atoms with E-state index in [0.29, 0.717) is 17.8 Å². The van der Waals surface area contributed by atoms with Crippen LogP contribution in [0.4, 0.5) is 5.69 Å². The molecule has 1 aromatic carbocycles. The van der Waals surface area contributed by atoms with Crippen molar-refractivity contribution in [2.45, 2.75) is 34.1 Å². The molecule has 3 N–H and O–H groups in total. The smallest absolute Gasteiger partial charge is 0.251 e. The number of carbonyl (C=O) groups excluding carboxylic acids is 1. The Labute approximate surface area is 103 Å². The Morgan fingerprint density at radius 2 is 2.06 bits per heavy atom. The van der Waals surface area contributed by atoms with Gasteiger partial charge in [0.1, 0.15) is 0 Å². The number of carbonyl (C=O) groups is 1. The third kappa shape index (κ3) is 3.77. The molecule has 0 heterocycles. The van der Waals surface area contributed by atoms with E-state index >= 15 is 0 Å². The number of anilines is 1. The normalized spacial score (nSPS) is 11.3. The fraction of sp³-hybridized carbons (Fsp3) is 0.500. The summed E-state index contributed by atoms with van der Waals surface area (Å²) in [6, 6.07) is 5.40. The minimum atomic E-state index is -0.0451. The summed E-state index contributed by atoms with van der Waals surface area (Å²) >= 11 is 0. The van der Waals surface area contributed by atoms with Crippen molar-refractivity contribution in [3.63, 3.8) is 0 Å². The maximum atomic E-state index is 12.0. The molecule has 0 fully saturated rings. The van der Waals surface area contributed by atoms with Gasteiger partial charge in [-0.15, -0.1) is 0 Å². The number of hydrogen-bond acceptors (Lipinski definition) is 2. The SMILES string of the molecule is CCC(C)(C)CNC(=O)c1cc(N)ccc1C. The maximum absolute atomic E-state index is 12.0. The third-order valence-electron chi connectivity index (χ3n) is 3.19. The van der Waals surface area contributed by atoms with Gasteiger partial charge in [-0.3, -0.25) is 4.79 Å². The Morgan fingerprint density at radius 1 is 1.41 bits per heavy atom. The van der Waals surface area contributed by atoms with Gasteiger partial charge in [0.05, 0.1) is 0 Å². The first kappa shape index (κ1) is 13.6. The summed E-state index contributed by atoms with van der Waals surface area (Å²) in [6.45, 7) is 8.99. The number of aryl methyl sites for hydroxylation is 1. The molecule has 0 aliphatic heterocycles. The van der Waals surface area contributed by atoms with E-state index in [1.807, 2.05) is 19.1 Å². The van der Waals surface area contributed by atoms with Gasteiger partial charge in [0.25, 0.3) is 5.91 Å². The standard InChI is InChI=1S/C14H22N2O/c1-5-14(3,4)9-16-13(17)12-8-11(15)7-6-10(12)2/h6-8H,5,9,15H2,1-4H3,(H,16,17). The predicted octanol–water partition coefficient (Wildman–Crippen LogP) is 2.74. The Morgan fingerprint density at radius 3 is 2.65 bits per heavy atom. The molecule has 0 atom stereocenters. The highest BCUT2D eigenvalue weighted by Crippen LogP contribution is 2.18. The first-order chi connectivity index (χ1) is 7.85. The van der Waals surface area contributed by atoms with Crippen LogP contribution in [-0.2, 0) is 0 Å². The second-order valence-electron chi connectivity index (χ2n) is 5.27. The molecular weight excluding hydrogens is 212 g/mol. The van der Waals surface area contributed by atoms with Crippen LogP contribution in [0.5, 0.6) is 0 Å². The molecule has 0 aromatic heterocycles. The lowest BCUT2D eigenvalue weighted by Crippen LogP contribution is -2.33. The molecule has 0 unspecified atom stereocenters. The van der Waals surface area contributed by atoms with E-state index < -0.39 is 0 Å². The number of rotatable bonds is 4. The van der Waals surface area contributed by atoms with Crippen molar-refractivity contribution in [1.29, 1.82) is 0 Å². The second-order valence-corrected chi connectivity index (χ2v) is 5.27. The molecular formula is C14H22N2O. The molecule has 0 radical (unpaired) electrons. The van der Waals surface area contributed by atoms with Gasteiger partial charge in [-0.1, -0.05) is 26.8 Å². The van der Waals surface area contributed by atoms with Gasteiger partial charge < -0.3 is 11.1 Å². The zero-order chi connectivity index (χ0) is 13.1. The van der Waals surface area contributed by atoms with Gasteiger partial charge in [-0.05, 0) is 36.5 Å². The topological polar surface area (TPSA) is 55.1 Å². The quantitative estimate of drug-likeness (QED) is 0.787. The number of hydrogen-bond donors (Lipinski definition) is 2. The average Bonchev–Trinajstić information content (AvgIpc) is 2.29. The monoisotopic (exact) mass is 234 g/mol. The summed E-state index contributed by atoms with van der Waals surface area (Å²) in [6.07, 6.45) is 1.03. The minimum Gasteiger partial charge on any atom is -0.399 e. The minimum absolute atomic E-state index is 0.0451. The van der Waals surface area contributed by atoms with Crippen molar-refractivity contribution in [3.05, 3.63) is 29.3 Å². The van der Waals surface area contributed by atoms with Crippen LogP contribution in [0.3, 0.4) is 0 Å². The third-order valence-corrected chi connectivity index (χ3v) is 3.19. The fourth-order valence-electron chi connectivity index (χ4n) is 1.42. The Balaban J connectivity index is 2.74. The molecule has 17 heavy (non-hydrogen) atoms. The second kappa shape index (κ2) is 5.21. The van der Waals surface area contributed by atoms with Gasteiger partial charge >= 0.3 is 0 Å². The molecule has 94 valence electrons. The van der Waals surface area contributed by atoms with Crippen LogP contribution in [0.25, 0.3) is 0 Å². The molecule has 0 aliphatic carbocycles. The highest BCUT2D eigenvalue weighted by Gasteiger charge is 2.17. The number of nitrogens with one attached hydrogen (secondary N) is 1. The molecule has 3 nitrogen and oxygen atoms in total. The highest BCUT2D eigenvalue weighted by atomic mass is 16.1. The van der Waals surface area contributed by atoms with Crippen molar-refractivity contribution in [1.82, 2.24) is 5.32 Å². The molecule has 1 aromatic rings. The number of nitrogens with two attached hydrogens (primary N) is 1. The van der Waals surface area contributed by atoms with E-state index in [1.54, 1.807) is 6.07 Å². The number of nitrogen functional groups attached to an aromatic ring is 1. The number of benzene rings is 1. The van der Waals surface area contributed by atoms with Crippen molar-refractivity contribution < 1.29 is 4.79 Å². The molecule has 0 bridgehead atoms. The van der Waals surface area contributed by atoms with E-state index in [2.05, 4.69) is 26.1 Å². The van der Waals surface area contributed by atoms with Crippen LogP contribution in [-0.4, -0.2) is 12.5 Å². The fourth-order valence-corrected chi connectivity index (χ4v) is 1.42. The lowest BCUT2D eigenvalue weighted by Gasteiger charge is -2.23. The lowest BCUT2D eigenvalue weighted by molar-refractivity contribution is 0.0935. The van der Waals surface area contributed by atoms with E-state index in [1.165, 1.54) is 0 Å². The van der Waals surface area contributed by atoms with Crippen LogP contribution < -0.4 is 11.1 Å². The lowest BCUT2D eigenvalue weighted by atomic mass is 9.90. The first-order valence-corrected chi connectivity index (χ1v) is 6.00. The summed E-state index contributed by atoms with van der Waals surface area (Å²) in [5.74, 6) is -0.0451. The van der Waals surface area contributed by atoms with Crippen LogP contribution in [0, 0.1) is 12.3 Å². The van der Waals surface area contributed by atoms with Crippen molar-refractivity contribution in [2.75, 3.05) is 12.3 Å². The van der Waals surface area contributed by atoms with E-state index in [-0.39, 0.29) is 11.3 Å². The summed E-state index contributed by atoms with van der Waals surface area (Å²) in [5.41, 5.74) is 8.06. The molecule has 0 saturated heterocycles. The largest absolute Gasteiger partial charge is 0.399 e. The van der Waals surface area contributed by atoms with Gasteiger partial charge in [0.2, 0.25) is 0 Å².